The van der Waals surface area contributed by atoms with E-state index in [1.54, 1.807) is 0 Å². The van der Waals surface area contributed by atoms with Crippen molar-refractivity contribution in [3.05, 3.63) is 35.4 Å². The number of carbonyl (C=O) groups is 1. The van der Waals surface area contributed by atoms with E-state index in [1.807, 2.05) is 11.0 Å². The molecular formula is C16H23ClN2O2. The molecule has 5 heteroatoms. The third kappa shape index (κ3) is 3.76. The number of ether oxygens (including phenoxy) is 1. The monoisotopic (exact) mass is 310 g/mol. The zero-order valence-electron chi connectivity index (χ0n) is 12.2. The molecule has 116 valence electrons. The number of hydrogen-bond donors (Lipinski definition) is 1. The average molecular weight is 311 g/mol. The van der Waals surface area contributed by atoms with Crippen LogP contribution in [0.5, 0.6) is 0 Å². The molecule has 1 saturated heterocycles. The van der Waals surface area contributed by atoms with Gasteiger partial charge in [-0.1, -0.05) is 24.3 Å². The van der Waals surface area contributed by atoms with Crippen LogP contribution in [0.3, 0.4) is 0 Å². The van der Waals surface area contributed by atoms with Gasteiger partial charge in [0.05, 0.1) is 19.1 Å². The lowest BCUT2D eigenvalue weighted by molar-refractivity contribution is -0.135. The van der Waals surface area contributed by atoms with Crippen LogP contribution in [0.2, 0.25) is 0 Å². The van der Waals surface area contributed by atoms with Gasteiger partial charge in [-0.2, -0.15) is 0 Å². The first-order valence-corrected chi connectivity index (χ1v) is 7.47. The fourth-order valence-corrected chi connectivity index (χ4v) is 3.08. The molecule has 1 atom stereocenters. The number of nitrogens with zero attached hydrogens (tertiary/aromatic N) is 1. The van der Waals surface area contributed by atoms with E-state index < -0.39 is 0 Å². The predicted octanol–water partition coefficient (Wildman–Crippen LogP) is 2.06. The topological polar surface area (TPSA) is 55.6 Å². The minimum atomic E-state index is -0.0805. The highest BCUT2D eigenvalue weighted by Gasteiger charge is 2.27. The summed E-state index contributed by atoms with van der Waals surface area (Å²) in [5.41, 5.74) is 8.38. The Hall–Kier alpha value is -1.10. The summed E-state index contributed by atoms with van der Waals surface area (Å²) in [6, 6.07) is 8.54. The van der Waals surface area contributed by atoms with Crippen LogP contribution in [-0.2, 0) is 16.0 Å². The zero-order chi connectivity index (χ0) is 13.9. The van der Waals surface area contributed by atoms with Crippen molar-refractivity contribution in [2.45, 2.75) is 37.8 Å². The largest absolute Gasteiger partial charge is 0.373 e. The van der Waals surface area contributed by atoms with Crippen molar-refractivity contribution in [1.29, 1.82) is 0 Å². The van der Waals surface area contributed by atoms with Gasteiger partial charge in [0.15, 0.2) is 0 Å². The molecule has 2 aliphatic rings. The van der Waals surface area contributed by atoms with E-state index in [4.69, 9.17) is 10.5 Å². The second-order valence-electron chi connectivity index (χ2n) is 5.73. The first kappa shape index (κ1) is 16.3. The van der Waals surface area contributed by atoms with Crippen LogP contribution < -0.4 is 5.73 Å². The van der Waals surface area contributed by atoms with Crippen LogP contribution in [0, 0.1) is 0 Å². The first-order chi connectivity index (χ1) is 9.74. The number of rotatable bonds is 2. The van der Waals surface area contributed by atoms with Crippen LogP contribution in [0.4, 0.5) is 0 Å². The van der Waals surface area contributed by atoms with E-state index in [0.717, 1.165) is 32.4 Å². The Morgan fingerprint density at radius 2 is 2.00 bits per heavy atom. The van der Waals surface area contributed by atoms with Gasteiger partial charge in [-0.3, -0.25) is 4.79 Å². The highest BCUT2D eigenvalue weighted by atomic mass is 35.5. The first-order valence-electron chi connectivity index (χ1n) is 7.47. The van der Waals surface area contributed by atoms with Crippen LogP contribution in [0.25, 0.3) is 0 Å². The van der Waals surface area contributed by atoms with E-state index in [0.29, 0.717) is 13.0 Å². The van der Waals surface area contributed by atoms with Crippen molar-refractivity contribution in [1.82, 2.24) is 4.90 Å². The number of piperidine rings is 1. The van der Waals surface area contributed by atoms with Crippen LogP contribution in [-0.4, -0.2) is 36.5 Å². The quantitative estimate of drug-likeness (QED) is 0.909. The van der Waals surface area contributed by atoms with Crippen molar-refractivity contribution in [3.8, 4) is 0 Å². The van der Waals surface area contributed by atoms with Gasteiger partial charge in [0, 0.05) is 19.1 Å². The summed E-state index contributed by atoms with van der Waals surface area (Å²) in [7, 11) is 0. The lowest BCUT2D eigenvalue weighted by atomic mass is 9.95. The van der Waals surface area contributed by atoms with Crippen molar-refractivity contribution < 1.29 is 9.53 Å². The fourth-order valence-electron chi connectivity index (χ4n) is 3.08. The molecule has 0 bridgehead atoms. The number of carbonyl (C=O) groups excluding carboxylic acids is 1. The molecule has 2 heterocycles. The summed E-state index contributed by atoms with van der Waals surface area (Å²) in [4.78, 5) is 14.3. The molecule has 3 rings (SSSR count). The molecular weight excluding hydrogens is 288 g/mol. The third-order valence-electron chi connectivity index (χ3n) is 4.34. The predicted molar refractivity (Wildman–Crippen MR) is 84.5 cm³/mol. The zero-order valence-corrected chi connectivity index (χ0v) is 13.0. The molecule has 0 saturated carbocycles. The van der Waals surface area contributed by atoms with Gasteiger partial charge in [-0.25, -0.2) is 0 Å². The third-order valence-corrected chi connectivity index (χ3v) is 4.34. The molecule has 2 aliphatic heterocycles. The molecule has 2 N–H and O–H groups in total. The van der Waals surface area contributed by atoms with Crippen molar-refractivity contribution in [2.24, 2.45) is 5.73 Å². The molecule has 4 nitrogen and oxygen atoms in total. The number of hydrogen-bond acceptors (Lipinski definition) is 3. The highest BCUT2D eigenvalue weighted by molar-refractivity contribution is 5.85. The van der Waals surface area contributed by atoms with Crippen LogP contribution in [0.15, 0.2) is 24.3 Å². The van der Waals surface area contributed by atoms with E-state index in [-0.39, 0.29) is 30.5 Å². The Balaban J connectivity index is 0.00000161. The molecule has 0 spiro atoms. The molecule has 1 fully saturated rings. The minimum absolute atomic E-state index is 0. The van der Waals surface area contributed by atoms with Gasteiger partial charge in [-0.05, 0) is 30.4 Å². The van der Waals surface area contributed by atoms with Crippen LogP contribution in [0.1, 0.15) is 36.5 Å². The van der Waals surface area contributed by atoms with Gasteiger partial charge in [-0.15, -0.1) is 12.4 Å². The number of halogens is 1. The van der Waals surface area contributed by atoms with Gasteiger partial charge in [0.2, 0.25) is 5.91 Å². The lowest BCUT2D eigenvalue weighted by Crippen LogP contribution is -2.43. The van der Waals surface area contributed by atoms with Gasteiger partial charge in [0.25, 0.3) is 0 Å². The minimum Gasteiger partial charge on any atom is -0.373 e. The summed E-state index contributed by atoms with van der Waals surface area (Å²) in [6.45, 7) is 2.28. The molecule has 0 radical (unpaired) electrons. The normalized spacial score (nSPS) is 22.3. The number of nitrogens with two attached hydrogens (primary N) is 1. The Bertz CT molecular complexity index is 487. The summed E-state index contributed by atoms with van der Waals surface area (Å²) in [6.07, 6.45) is 3.14. The van der Waals surface area contributed by atoms with Gasteiger partial charge >= 0.3 is 0 Å². The maximum absolute atomic E-state index is 12.4. The average Bonchev–Trinajstić information content (AvgIpc) is 2.48. The van der Waals surface area contributed by atoms with E-state index in [9.17, 15) is 4.79 Å². The summed E-state index contributed by atoms with van der Waals surface area (Å²) in [5, 5.41) is 0. The highest BCUT2D eigenvalue weighted by Crippen LogP contribution is 2.30. The maximum atomic E-state index is 12.4. The molecule has 1 aromatic carbocycles. The molecule has 0 aliphatic carbocycles. The van der Waals surface area contributed by atoms with Crippen molar-refractivity contribution >= 4 is 18.3 Å². The van der Waals surface area contributed by atoms with E-state index in [2.05, 4.69) is 18.2 Å². The Kier molecular flexibility index (Phi) is 5.62. The molecule has 1 unspecified atom stereocenters. The molecule has 21 heavy (non-hydrogen) atoms. The number of likely N-dealkylation sites (tertiary alicyclic amines) is 1. The van der Waals surface area contributed by atoms with E-state index in [1.165, 1.54) is 11.1 Å². The van der Waals surface area contributed by atoms with Crippen molar-refractivity contribution in [3.63, 3.8) is 0 Å². The standard InChI is InChI=1S/C16H22N2O2.ClH/c17-13-5-8-18(9-6-13)16(19)11-15-14-4-2-1-3-12(14)7-10-20-15;/h1-4,13,15H,5-11,17H2;1H. The number of benzene rings is 1. The molecule has 1 amide bonds. The molecule has 1 aromatic rings. The second-order valence-corrected chi connectivity index (χ2v) is 5.73. The number of fused-ring (bicyclic) bond motifs is 1. The van der Waals surface area contributed by atoms with Gasteiger partial charge in [0.1, 0.15) is 0 Å². The second kappa shape index (κ2) is 7.25. The molecule has 0 aromatic heterocycles. The lowest BCUT2D eigenvalue weighted by Gasteiger charge is -2.32. The fraction of sp³-hybridized carbons (Fsp3) is 0.562. The maximum Gasteiger partial charge on any atom is 0.225 e. The summed E-state index contributed by atoms with van der Waals surface area (Å²) >= 11 is 0. The van der Waals surface area contributed by atoms with Gasteiger partial charge < -0.3 is 15.4 Å². The smallest absolute Gasteiger partial charge is 0.225 e. The van der Waals surface area contributed by atoms with Crippen LogP contribution >= 0.6 is 12.4 Å². The SMILES string of the molecule is Cl.NC1CCN(C(=O)CC2OCCc3ccccc32)CC1. The summed E-state index contributed by atoms with van der Waals surface area (Å²) < 4.78 is 5.81. The van der Waals surface area contributed by atoms with Crippen molar-refractivity contribution in [2.75, 3.05) is 19.7 Å². The Labute approximate surface area is 132 Å². The Morgan fingerprint density at radius 3 is 2.76 bits per heavy atom. The summed E-state index contributed by atoms with van der Waals surface area (Å²) in [5.74, 6) is 0.193. The number of amides is 1. The van der Waals surface area contributed by atoms with E-state index >= 15 is 0 Å². The Morgan fingerprint density at radius 1 is 1.29 bits per heavy atom.